The Bertz CT molecular complexity index is 271. The number of hydrogen-bond donors (Lipinski definition) is 4. The van der Waals surface area contributed by atoms with Gasteiger partial charge in [-0.3, -0.25) is 0 Å². The van der Waals surface area contributed by atoms with Crippen molar-refractivity contribution >= 4 is 6.02 Å². The van der Waals surface area contributed by atoms with Gasteiger partial charge in [-0.15, -0.1) is 0 Å². The smallest absolute Gasteiger partial charge is 0.285 e. The van der Waals surface area contributed by atoms with Gasteiger partial charge < -0.3 is 25.4 Å². The minimum atomic E-state index is -0.961. The van der Waals surface area contributed by atoms with Gasteiger partial charge in [0, 0.05) is 6.54 Å². The Labute approximate surface area is 87.6 Å². The first kappa shape index (κ1) is 10.7. The van der Waals surface area contributed by atoms with E-state index in [4.69, 9.17) is 9.84 Å². The predicted octanol–water partition coefficient (Wildman–Crippen LogP) is -1.94. The maximum atomic E-state index is 9.68. The van der Waals surface area contributed by atoms with Crippen LogP contribution < -0.4 is 5.32 Å². The number of nitrogens with one attached hydrogen (secondary N) is 1. The molecule has 1 heterocycles. The lowest BCUT2D eigenvalue weighted by molar-refractivity contribution is -0.00714. The van der Waals surface area contributed by atoms with E-state index >= 15 is 0 Å². The molecule has 0 aromatic heterocycles. The third-order valence-corrected chi connectivity index (χ3v) is 2.95. The molecular formula is C9H16N2O4. The highest BCUT2D eigenvalue weighted by molar-refractivity contribution is 5.76. The van der Waals surface area contributed by atoms with Crippen LogP contribution in [0.5, 0.6) is 0 Å². The SMILES string of the molecule is CCNC1=NC2C(O1)[C@H](CO)[C@@H](O)[C@@H]2O. The normalized spacial score (nSPS) is 43.5. The summed E-state index contributed by atoms with van der Waals surface area (Å²) in [6.45, 7) is 2.38. The zero-order valence-corrected chi connectivity index (χ0v) is 8.50. The average Bonchev–Trinajstić information content (AvgIpc) is 2.70. The van der Waals surface area contributed by atoms with Gasteiger partial charge in [0.25, 0.3) is 6.02 Å². The van der Waals surface area contributed by atoms with Crippen molar-refractivity contribution in [2.45, 2.75) is 31.3 Å². The van der Waals surface area contributed by atoms with Crippen molar-refractivity contribution in [3.05, 3.63) is 0 Å². The number of ether oxygens (including phenoxy) is 1. The largest absolute Gasteiger partial charge is 0.459 e. The summed E-state index contributed by atoms with van der Waals surface area (Å²) in [5, 5.41) is 31.3. The van der Waals surface area contributed by atoms with Crippen LogP contribution in [0.3, 0.4) is 0 Å². The molecule has 0 radical (unpaired) electrons. The summed E-state index contributed by atoms with van der Waals surface area (Å²) in [7, 11) is 0. The first-order chi connectivity index (χ1) is 7.19. The molecule has 5 atom stereocenters. The first-order valence-corrected chi connectivity index (χ1v) is 5.14. The van der Waals surface area contributed by atoms with Crippen molar-refractivity contribution < 1.29 is 20.1 Å². The monoisotopic (exact) mass is 216 g/mol. The second kappa shape index (κ2) is 3.96. The van der Waals surface area contributed by atoms with Crippen molar-refractivity contribution in [3.63, 3.8) is 0 Å². The lowest BCUT2D eigenvalue weighted by Crippen LogP contribution is -2.34. The Morgan fingerprint density at radius 2 is 2.13 bits per heavy atom. The summed E-state index contributed by atoms with van der Waals surface area (Å²) < 4.78 is 5.43. The van der Waals surface area contributed by atoms with E-state index in [2.05, 4.69) is 10.3 Å². The van der Waals surface area contributed by atoms with Crippen LogP contribution in [0.4, 0.5) is 0 Å². The number of hydrogen-bond acceptors (Lipinski definition) is 6. The molecule has 0 bridgehead atoms. The number of aliphatic hydroxyl groups is 3. The number of rotatable bonds is 2. The second-order valence-corrected chi connectivity index (χ2v) is 3.87. The summed E-state index contributed by atoms with van der Waals surface area (Å²) in [4.78, 5) is 4.13. The van der Waals surface area contributed by atoms with Crippen LogP contribution in [-0.2, 0) is 4.74 Å². The molecule has 0 aromatic rings. The molecule has 1 saturated carbocycles. The fraction of sp³-hybridized carbons (Fsp3) is 0.889. The summed E-state index contributed by atoms with van der Waals surface area (Å²) >= 11 is 0. The van der Waals surface area contributed by atoms with Crippen molar-refractivity contribution in [2.75, 3.05) is 13.2 Å². The fourth-order valence-corrected chi connectivity index (χ4v) is 2.15. The van der Waals surface area contributed by atoms with Gasteiger partial charge in [-0.05, 0) is 6.92 Å². The van der Waals surface area contributed by atoms with Crippen LogP contribution >= 0.6 is 0 Å². The van der Waals surface area contributed by atoms with E-state index in [0.29, 0.717) is 12.6 Å². The molecule has 6 nitrogen and oxygen atoms in total. The fourth-order valence-electron chi connectivity index (χ4n) is 2.15. The van der Waals surface area contributed by atoms with Crippen LogP contribution in [-0.4, -0.2) is 58.8 Å². The molecule has 6 heteroatoms. The summed E-state index contributed by atoms with van der Waals surface area (Å²) in [5.41, 5.74) is 0. The summed E-state index contributed by atoms with van der Waals surface area (Å²) in [6.07, 6.45) is -2.34. The molecular weight excluding hydrogens is 200 g/mol. The molecule has 86 valence electrons. The van der Waals surface area contributed by atoms with E-state index in [-0.39, 0.29) is 6.61 Å². The minimum absolute atomic E-state index is 0.214. The van der Waals surface area contributed by atoms with Gasteiger partial charge in [0.05, 0.1) is 18.6 Å². The van der Waals surface area contributed by atoms with Crippen molar-refractivity contribution in [1.82, 2.24) is 5.32 Å². The lowest BCUT2D eigenvalue weighted by Gasteiger charge is -2.18. The molecule has 0 spiro atoms. The van der Waals surface area contributed by atoms with E-state index < -0.39 is 30.3 Å². The number of amidine groups is 1. The van der Waals surface area contributed by atoms with Gasteiger partial charge in [0.1, 0.15) is 18.2 Å². The summed E-state index contributed by atoms with van der Waals surface area (Å²) in [6, 6.07) is -0.0805. The Morgan fingerprint density at radius 1 is 1.40 bits per heavy atom. The molecule has 0 amide bonds. The summed E-state index contributed by atoms with van der Waals surface area (Å²) in [5.74, 6) is -0.468. The maximum Gasteiger partial charge on any atom is 0.285 e. The Morgan fingerprint density at radius 3 is 2.73 bits per heavy atom. The number of aliphatic imine (C=N–C) groups is 1. The van der Waals surface area contributed by atoms with Gasteiger partial charge in [-0.25, -0.2) is 4.99 Å². The van der Waals surface area contributed by atoms with E-state index in [9.17, 15) is 10.2 Å². The highest BCUT2D eigenvalue weighted by Gasteiger charge is 2.54. The number of fused-ring (bicyclic) bond motifs is 1. The Balaban J connectivity index is 2.11. The predicted molar refractivity (Wildman–Crippen MR) is 52.4 cm³/mol. The zero-order chi connectivity index (χ0) is 11.0. The van der Waals surface area contributed by atoms with E-state index in [0.717, 1.165) is 0 Å². The van der Waals surface area contributed by atoms with Crippen LogP contribution in [0.25, 0.3) is 0 Å². The average molecular weight is 216 g/mol. The minimum Gasteiger partial charge on any atom is -0.459 e. The van der Waals surface area contributed by atoms with Crippen molar-refractivity contribution in [3.8, 4) is 0 Å². The first-order valence-electron chi connectivity index (χ1n) is 5.14. The van der Waals surface area contributed by atoms with Crippen LogP contribution in [0.15, 0.2) is 4.99 Å². The zero-order valence-electron chi connectivity index (χ0n) is 8.50. The lowest BCUT2D eigenvalue weighted by atomic mass is 10.1. The molecule has 4 N–H and O–H groups in total. The van der Waals surface area contributed by atoms with Gasteiger partial charge in [0.2, 0.25) is 0 Å². The Hall–Kier alpha value is -0.850. The quantitative estimate of drug-likeness (QED) is 0.431. The Kier molecular flexibility index (Phi) is 2.81. The van der Waals surface area contributed by atoms with E-state index in [1.807, 2.05) is 6.92 Å². The van der Waals surface area contributed by atoms with Crippen LogP contribution in [0.2, 0.25) is 0 Å². The van der Waals surface area contributed by atoms with Gasteiger partial charge in [-0.2, -0.15) is 0 Å². The molecule has 1 fully saturated rings. The van der Waals surface area contributed by atoms with Crippen molar-refractivity contribution in [2.24, 2.45) is 10.9 Å². The number of nitrogens with zero attached hydrogens (tertiary/aromatic N) is 1. The molecule has 1 aliphatic carbocycles. The van der Waals surface area contributed by atoms with Crippen molar-refractivity contribution in [1.29, 1.82) is 0 Å². The molecule has 2 rings (SSSR count). The van der Waals surface area contributed by atoms with Gasteiger partial charge in [0.15, 0.2) is 0 Å². The standard InChI is InChI=1S/C9H16N2O4/c1-2-10-9-11-5-7(14)6(13)4(3-12)8(5)15-9/h4-8,12-14H,2-3H2,1H3,(H,10,11)/t4-,5?,6-,7-,8?/m1/s1. The van der Waals surface area contributed by atoms with Gasteiger partial charge >= 0.3 is 0 Å². The highest BCUT2D eigenvalue weighted by Crippen LogP contribution is 2.34. The van der Waals surface area contributed by atoms with Crippen LogP contribution in [0.1, 0.15) is 6.92 Å². The molecule has 2 unspecified atom stereocenters. The van der Waals surface area contributed by atoms with E-state index in [1.165, 1.54) is 0 Å². The van der Waals surface area contributed by atoms with Crippen LogP contribution in [0, 0.1) is 5.92 Å². The number of aliphatic hydroxyl groups excluding tert-OH is 3. The second-order valence-electron chi connectivity index (χ2n) is 3.87. The molecule has 0 saturated heterocycles. The molecule has 0 aromatic carbocycles. The van der Waals surface area contributed by atoms with E-state index in [1.54, 1.807) is 0 Å². The topological polar surface area (TPSA) is 94.3 Å². The molecule has 1 aliphatic heterocycles. The highest BCUT2D eigenvalue weighted by atomic mass is 16.5. The molecule has 15 heavy (non-hydrogen) atoms. The molecule has 2 aliphatic rings. The van der Waals surface area contributed by atoms with Gasteiger partial charge in [-0.1, -0.05) is 0 Å². The third kappa shape index (κ3) is 1.58. The third-order valence-electron chi connectivity index (χ3n) is 2.95. The maximum absolute atomic E-state index is 9.68.